The van der Waals surface area contributed by atoms with Gasteiger partial charge >= 0.3 is 0 Å². The summed E-state index contributed by atoms with van der Waals surface area (Å²) in [4.78, 5) is 14.2. The highest BCUT2D eigenvalue weighted by atomic mass is 35.5. The average Bonchev–Trinajstić information content (AvgIpc) is 2.04. The minimum absolute atomic E-state index is 0.0108. The summed E-state index contributed by atoms with van der Waals surface area (Å²) in [5.74, 6) is 0. The molecule has 0 aromatic carbocycles. The standard InChI is InChI=1S/C7H3ClN2O/c8-7(11)6-5(4-9)2-1-3-10-6/h1-3H. The first kappa shape index (κ1) is 7.70. The zero-order valence-corrected chi connectivity index (χ0v) is 6.17. The van der Waals surface area contributed by atoms with Crippen LogP contribution in [0.4, 0.5) is 0 Å². The summed E-state index contributed by atoms with van der Waals surface area (Å²) in [5, 5.41) is 7.76. The van der Waals surface area contributed by atoms with Crippen LogP contribution in [0.1, 0.15) is 16.1 Å². The fourth-order valence-corrected chi connectivity index (χ4v) is 0.803. The van der Waals surface area contributed by atoms with Gasteiger partial charge in [-0.25, -0.2) is 0 Å². The molecule has 1 heterocycles. The van der Waals surface area contributed by atoms with Crippen LogP contribution in [0.25, 0.3) is 0 Å². The van der Waals surface area contributed by atoms with Gasteiger partial charge in [0.1, 0.15) is 11.8 Å². The van der Waals surface area contributed by atoms with Crippen LogP contribution >= 0.6 is 11.6 Å². The van der Waals surface area contributed by atoms with Gasteiger partial charge < -0.3 is 0 Å². The molecule has 11 heavy (non-hydrogen) atoms. The lowest BCUT2D eigenvalue weighted by molar-refractivity contribution is 0.107. The van der Waals surface area contributed by atoms with E-state index in [1.807, 2.05) is 6.07 Å². The number of pyridine rings is 1. The molecule has 0 aliphatic rings. The first-order valence-corrected chi connectivity index (χ1v) is 3.18. The first-order chi connectivity index (χ1) is 5.25. The van der Waals surface area contributed by atoms with E-state index in [1.54, 1.807) is 6.07 Å². The van der Waals surface area contributed by atoms with Gasteiger partial charge in [0.25, 0.3) is 5.24 Å². The molecule has 0 fully saturated rings. The first-order valence-electron chi connectivity index (χ1n) is 2.80. The summed E-state index contributed by atoms with van der Waals surface area (Å²) in [7, 11) is 0. The molecule has 0 amide bonds. The number of hydrogen-bond donors (Lipinski definition) is 0. The Morgan fingerprint density at radius 3 is 2.91 bits per heavy atom. The van der Waals surface area contributed by atoms with Crippen molar-refractivity contribution in [3.8, 4) is 6.07 Å². The Hall–Kier alpha value is -1.40. The van der Waals surface area contributed by atoms with Crippen molar-refractivity contribution in [1.29, 1.82) is 5.26 Å². The molecule has 0 spiro atoms. The molecule has 3 nitrogen and oxygen atoms in total. The Bertz CT molecular complexity index is 329. The van der Waals surface area contributed by atoms with E-state index in [0.717, 1.165) is 0 Å². The molecule has 4 heteroatoms. The summed E-state index contributed by atoms with van der Waals surface area (Å²) in [5.41, 5.74) is 0.212. The number of aromatic nitrogens is 1. The maximum atomic E-state index is 10.6. The van der Waals surface area contributed by atoms with E-state index in [4.69, 9.17) is 16.9 Å². The molecule has 0 saturated heterocycles. The lowest BCUT2D eigenvalue weighted by Gasteiger charge is -1.92. The second-order valence-electron chi connectivity index (χ2n) is 1.79. The lowest BCUT2D eigenvalue weighted by atomic mass is 10.2. The molecule has 0 aliphatic carbocycles. The number of carbonyl (C=O) groups excluding carboxylic acids is 1. The number of hydrogen-bond acceptors (Lipinski definition) is 3. The number of nitriles is 1. The molecule has 0 saturated carbocycles. The van der Waals surface area contributed by atoms with Gasteiger partial charge in [-0.2, -0.15) is 5.26 Å². The van der Waals surface area contributed by atoms with Crippen LogP contribution in [0.3, 0.4) is 0 Å². The van der Waals surface area contributed by atoms with E-state index in [9.17, 15) is 4.79 Å². The molecule has 0 radical (unpaired) electrons. The average molecular weight is 167 g/mol. The van der Waals surface area contributed by atoms with E-state index in [2.05, 4.69) is 4.98 Å². The summed E-state index contributed by atoms with van der Waals surface area (Å²) >= 11 is 5.13. The highest BCUT2D eigenvalue weighted by Crippen LogP contribution is 2.05. The molecule has 1 aromatic rings. The molecule has 0 atom stereocenters. The van der Waals surface area contributed by atoms with Crippen LogP contribution < -0.4 is 0 Å². The van der Waals surface area contributed by atoms with E-state index in [1.165, 1.54) is 12.3 Å². The largest absolute Gasteiger partial charge is 0.274 e. The van der Waals surface area contributed by atoms with Crippen molar-refractivity contribution in [1.82, 2.24) is 4.98 Å². The monoisotopic (exact) mass is 166 g/mol. The highest BCUT2D eigenvalue weighted by Gasteiger charge is 2.07. The zero-order chi connectivity index (χ0) is 8.27. The number of nitrogens with zero attached hydrogens (tertiary/aromatic N) is 2. The minimum atomic E-state index is -0.706. The summed E-state index contributed by atoms with van der Waals surface area (Å²) in [6.07, 6.45) is 1.41. The van der Waals surface area contributed by atoms with Gasteiger partial charge in [-0.3, -0.25) is 9.78 Å². The van der Waals surface area contributed by atoms with Gasteiger partial charge in [0, 0.05) is 6.20 Å². The Morgan fingerprint density at radius 1 is 1.73 bits per heavy atom. The Morgan fingerprint density at radius 2 is 2.45 bits per heavy atom. The maximum Gasteiger partial charge on any atom is 0.272 e. The fraction of sp³-hybridized carbons (Fsp3) is 0. The van der Waals surface area contributed by atoms with Crippen LogP contribution in [0.2, 0.25) is 0 Å². The van der Waals surface area contributed by atoms with Gasteiger partial charge in [-0.1, -0.05) is 0 Å². The van der Waals surface area contributed by atoms with Gasteiger partial charge in [0.2, 0.25) is 0 Å². The lowest BCUT2D eigenvalue weighted by Crippen LogP contribution is -1.96. The molecule has 54 valence electrons. The second kappa shape index (κ2) is 3.13. The SMILES string of the molecule is N#Cc1cccnc1C(=O)Cl. The summed E-state index contributed by atoms with van der Waals surface area (Å²) in [6.45, 7) is 0. The Balaban J connectivity index is 3.26. The van der Waals surface area contributed by atoms with Crippen LogP contribution in [-0.2, 0) is 0 Å². The fourth-order valence-electron chi connectivity index (χ4n) is 0.652. The molecule has 0 bridgehead atoms. The molecule has 0 N–H and O–H groups in total. The predicted molar refractivity (Wildman–Crippen MR) is 39.1 cm³/mol. The number of carbonyl (C=O) groups is 1. The Labute approximate surface area is 68.2 Å². The van der Waals surface area contributed by atoms with Crippen LogP contribution in [0, 0.1) is 11.3 Å². The normalized spacial score (nSPS) is 8.73. The van der Waals surface area contributed by atoms with Crippen molar-refractivity contribution in [3.63, 3.8) is 0 Å². The van der Waals surface area contributed by atoms with Crippen LogP contribution in [0.5, 0.6) is 0 Å². The number of rotatable bonds is 1. The quantitative estimate of drug-likeness (QED) is 0.592. The predicted octanol–water partition coefficient (Wildman–Crippen LogP) is 1.33. The third-order valence-corrected chi connectivity index (χ3v) is 1.29. The van der Waals surface area contributed by atoms with Gasteiger partial charge in [0.15, 0.2) is 0 Å². The molecular weight excluding hydrogens is 164 g/mol. The summed E-state index contributed by atoms with van der Waals surface area (Å²) in [6, 6.07) is 4.87. The van der Waals surface area contributed by atoms with Crippen molar-refractivity contribution in [2.75, 3.05) is 0 Å². The van der Waals surface area contributed by atoms with Crippen LogP contribution in [-0.4, -0.2) is 10.2 Å². The van der Waals surface area contributed by atoms with Gasteiger partial charge in [-0.15, -0.1) is 0 Å². The van der Waals surface area contributed by atoms with Crippen LogP contribution in [0.15, 0.2) is 18.3 Å². The molecule has 1 aromatic heterocycles. The second-order valence-corrected chi connectivity index (χ2v) is 2.13. The molecular formula is C7H3ClN2O. The van der Waals surface area contributed by atoms with Gasteiger partial charge in [0.05, 0.1) is 5.56 Å². The van der Waals surface area contributed by atoms with Gasteiger partial charge in [-0.05, 0) is 23.7 Å². The minimum Gasteiger partial charge on any atom is -0.274 e. The summed E-state index contributed by atoms with van der Waals surface area (Å²) < 4.78 is 0. The maximum absolute atomic E-state index is 10.6. The smallest absolute Gasteiger partial charge is 0.272 e. The molecule has 1 rings (SSSR count). The third-order valence-electron chi connectivity index (χ3n) is 1.11. The van der Waals surface area contributed by atoms with Crippen molar-refractivity contribution in [3.05, 3.63) is 29.6 Å². The van der Waals surface area contributed by atoms with E-state index in [0.29, 0.717) is 0 Å². The van der Waals surface area contributed by atoms with Crippen molar-refractivity contribution < 1.29 is 4.79 Å². The zero-order valence-electron chi connectivity index (χ0n) is 5.41. The molecule has 0 aliphatic heterocycles. The van der Waals surface area contributed by atoms with E-state index >= 15 is 0 Å². The van der Waals surface area contributed by atoms with Crippen molar-refractivity contribution in [2.24, 2.45) is 0 Å². The third kappa shape index (κ3) is 1.54. The Kier molecular flexibility index (Phi) is 2.19. The highest BCUT2D eigenvalue weighted by molar-refractivity contribution is 6.67. The van der Waals surface area contributed by atoms with E-state index in [-0.39, 0.29) is 11.3 Å². The molecule has 0 unspecified atom stereocenters. The van der Waals surface area contributed by atoms with Crippen molar-refractivity contribution >= 4 is 16.8 Å². The van der Waals surface area contributed by atoms with E-state index < -0.39 is 5.24 Å². The van der Waals surface area contributed by atoms with Crippen molar-refractivity contribution in [2.45, 2.75) is 0 Å². The number of halogens is 1. The topological polar surface area (TPSA) is 53.8 Å².